The third-order valence-corrected chi connectivity index (χ3v) is 2.54. The lowest BCUT2D eigenvalue weighted by Crippen LogP contribution is -2.32. The molecule has 1 atom stereocenters. The Morgan fingerprint density at radius 3 is 3.14 bits per heavy atom. The molecule has 1 aromatic rings. The van der Waals surface area contributed by atoms with Gasteiger partial charge in [-0.05, 0) is 19.8 Å². The van der Waals surface area contributed by atoms with Crippen molar-refractivity contribution in [2.24, 2.45) is 5.73 Å². The van der Waals surface area contributed by atoms with Crippen molar-refractivity contribution in [3.8, 4) is 0 Å². The van der Waals surface area contributed by atoms with Gasteiger partial charge in [0.1, 0.15) is 5.76 Å². The van der Waals surface area contributed by atoms with Crippen LogP contribution in [-0.4, -0.2) is 17.7 Å². The molecule has 3 N–H and O–H groups in total. The second-order valence-corrected chi connectivity index (χ2v) is 4.01. The zero-order valence-corrected chi connectivity index (χ0v) is 8.49. The van der Waals surface area contributed by atoms with Gasteiger partial charge in [0.05, 0.1) is 5.69 Å². The molecule has 0 spiro atoms. The van der Waals surface area contributed by atoms with Gasteiger partial charge in [-0.15, -0.1) is 0 Å². The van der Waals surface area contributed by atoms with Gasteiger partial charge in [-0.3, -0.25) is 0 Å². The maximum Gasteiger partial charge on any atom is 0.140 e. The average molecular weight is 195 g/mol. The van der Waals surface area contributed by atoms with E-state index in [1.165, 1.54) is 12.8 Å². The van der Waals surface area contributed by atoms with Crippen molar-refractivity contribution in [3.63, 3.8) is 0 Å². The van der Waals surface area contributed by atoms with Gasteiger partial charge in [0, 0.05) is 31.1 Å². The van der Waals surface area contributed by atoms with E-state index in [0.717, 1.165) is 18.0 Å². The molecule has 0 amide bonds. The molecular formula is C10H17N3O. The molecule has 1 saturated carbocycles. The maximum atomic E-state index is 5.49. The molecule has 0 aliphatic heterocycles. The van der Waals surface area contributed by atoms with Crippen LogP contribution in [0.5, 0.6) is 0 Å². The molecule has 0 bridgehead atoms. The Kier molecular flexibility index (Phi) is 2.84. The van der Waals surface area contributed by atoms with Crippen molar-refractivity contribution in [1.82, 2.24) is 10.5 Å². The quantitative estimate of drug-likeness (QED) is 0.735. The summed E-state index contributed by atoms with van der Waals surface area (Å²) in [6, 6.07) is 2.38. The van der Waals surface area contributed by atoms with E-state index in [1.807, 2.05) is 6.07 Å². The monoisotopic (exact) mass is 195 g/mol. The zero-order valence-electron chi connectivity index (χ0n) is 8.49. The van der Waals surface area contributed by atoms with Crippen LogP contribution in [0, 0.1) is 0 Å². The lowest BCUT2D eigenvalue weighted by molar-refractivity contribution is 0.374. The maximum absolute atomic E-state index is 5.49. The number of hydrogen-bond donors (Lipinski definition) is 2. The topological polar surface area (TPSA) is 64.1 Å². The smallest absolute Gasteiger partial charge is 0.140 e. The Morgan fingerprint density at radius 1 is 1.71 bits per heavy atom. The van der Waals surface area contributed by atoms with Gasteiger partial charge in [-0.2, -0.15) is 0 Å². The summed E-state index contributed by atoms with van der Waals surface area (Å²) in [5.74, 6) is 1.69. The Bertz CT molecular complexity index is 293. The molecule has 1 aliphatic carbocycles. The van der Waals surface area contributed by atoms with Crippen LogP contribution in [0.4, 0.5) is 0 Å². The molecule has 1 heterocycles. The Labute approximate surface area is 83.8 Å². The molecule has 4 nitrogen and oxygen atoms in total. The van der Waals surface area contributed by atoms with Gasteiger partial charge in [-0.25, -0.2) is 0 Å². The molecule has 0 aromatic carbocycles. The second kappa shape index (κ2) is 4.11. The Hall–Kier alpha value is -0.870. The van der Waals surface area contributed by atoms with Gasteiger partial charge < -0.3 is 15.6 Å². The molecule has 1 aliphatic rings. The van der Waals surface area contributed by atoms with Crippen molar-refractivity contribution in [2.45, 2.75) is 38.3 Å². The lowest BCUT2D eigenvalue weighted by atomic mass is 10.2. The van der Waals surface area contributed by atoms with E-state index in [1.54, 1.807) is 0 Å². The summed E-state index contributed by atoms with van der Waals surface area (Å²) in [5, 5.41) is 7.28. The number of aromatic nitrogens is 1. The van der Waals surface area contributed by atoms with Crippen LogP contribution in [0.3, 0.4) is 0 Å². The van der Waals surface area contributed by atoms with E-state index < -0.39 is 0 Å². The predicted octanol–water partition coefficient (Wildman–Crippen LogP) is 0.989. The number of rotatable bonds is 5. The summed E-state index contributed by atoms with van der Waals surface area (Å²) in [5.41, 5.74) is 6.47. The normalized spacial score (nSPS) is 18.4. The highest BCUT2D eigenvalue weighted by atomic mass is 16.5. The molecule has 4 heteroatoms. The van der Waals surface area contributed by atoms with Crippen molar-refractivity contribution in [1.29, 1.82) is 0 Å². The molecule has 14 heavy (non-hydrogen) atoms. The largest absolute Gasteiger partial charge is 0.361 e. The standard InChI is InChI=1S/C10H17N3O/c1-7(5-11)12-6-9-4-10(14-13-9)8-2-3-8/h4,7-8,12H,2-3,5-6,11H2,1H3/t7-/m1/s1. The van der Waals surface area contributed by atoms with Gasteiger partial charge in [0.2, 0.25) is 0 Å². The number of nitrogens with zero attached hydrogens (tertiary/aromatic N) is 1. The minimum absolute atomic E-state index is 0.330. The van der Waals surface area contributed by atoms with Crippen LogP contribution >= 0.6 is 0 Å². The molecule has 78 valence electrons. The van der Waals surface area contributed by atoms with E-state index >= 15 is 0 Å². The molecular weight excluding hydrogens is 178 g/mol. The summed E-state index contributed by atoms with van der Waals surface area (Å²) in [7, 11) is 0. The van der Waals surface area contributed by atoms with Crippen LogP contribution in [0.15, 0.2) is 10.6 Å². The van der Waals surface area contributed by atoms with Crippen LogP contribution in [-0.2, 0) is 6.54 Å². The lowest BCUT2D eigenvalue weighted by Gasteiger charge is -2.08. The zero-order chi connectivity index (χ0) is 9.97. The van der Waals surface area contributed by atoms with Gasteiger partial charge >= 0.3 is 0 Å². The van der Waals surface area contributed by atoms with Crippen molar-refractivity contribution in [2.75, 3.05) is 6.54 Å². The van der Waals surface area contributed by atoms with Gasteiger partial charge in [0.15, 0.2) is 0 Å². The van der Waals surface area contributed by atoms with Gasteiger partial charge in [0.25, 0.3) is 0 Å². The number of nitrogens with one attached hydrogen (secondary N) is 1. The first-order chi connectivity index (χ1) is 6.79. The van der Waals surface area contributed by atoms with Crippen LogP contribution < -0.4 is 11.1 Å². The third kappa shape index (κ3) is 2.33. The minimum atomic E-state index is 0.330. The Morgan fingerprint density at radius 2 is 2.50 bits per heavy atom. The number of nitrogens with two attached hydrogens (primary N) is 1. The summed E-state index contributed by atoms with van der Waals surface area (Å²) < 4.78 is 5.23. The fraction of sp³-hybridized carbons (Fsp3) is 0.700. The van der Waals surface area contributed by atoms with Crippen LogP contribution in [0.1, 0.15) is 37.1 Å². The first-order valence-electron chi connectivity index (χ1n) is 5.18. The first-order valence-corrected chi connectivity index (χ1v) is 5.18. The van der Waals surface area contributed by atoms with Crippen molar-refractivity contribution in [3.05, 3.63) is 17.5 Å². The summed E-state index contributed by atoms with van der Waals surface area (Å²) >= 11 is 0. The van der Waals surface area contributed by atoms with E-state index in [0.29, 0.717) is 18.5 Å². The SMILES string of the molecule is C[C@H](CN)NCc1cc(C2CC2)on1. The van der Waals surface area contributed by atoms with Crippen molar-refractivity contribution < 1.29 is 4.52 Å². The van der Waals surface area contributed by atoms with E-state index in [2.05, 4.69) is 17.4 Å². The minimum Gasteiger partial charge on any atom is -0.361 e. The third-order valence-electron chi connectivity index (χ3n) is 2.54. The highest BCUT2D eigenvalue weighted by Crippen LogP contribution is 2.40. The molecule has 2 rings (SSSR count). The molecule has 1 aromatic heterocycles. The van der Waals surface area contributed by atoms with Crippen LogP contribution in [0.25, 0.3) is 0 Å². The summed E-state index contributed by atoms with van der Waals surface area (Å²) in [4.78, 5) is 0. The van der Waals surface area contributed by atoms with E-state index in [9.17, 15) is 0 Å². The first kappa shape index (κ1) is 9.68. The molecule has 0 radical (unpaired) electrons. The highest BCUT2D eigenvalue weighted by molar-refractivity contribution is 5.14. The predicted molar refractivity (Wildman–Crippen MR) is 53.8 cm³/mol. The molecule has 0 saturated heterocycles. The summed E-state index contributed by atoms with van der Waals surface area (Å²) in [6.45, 7) is 3.45. The van der Waals surface area contributed by atoms with Crippen LogP contribution in [0.2, 0.25) is 0 Å². The summed E-state index contributed by atoms with van der Waals surface area (Å²) in [6.07, 6.45) is 2.50. The van der Waals surface area contributed by atoms with Crippen molar-refractivity contribution >= 4 is 0 Å². The Balaban J connectivity index is 1.83. The number of hydrogen-bond acceptors (Lipinski definition) is 4. The van der Waals surface area contributed by atoms with E-state index in [-0.39, 0.29) is 0 Å². The molecule has 0 unspecified atom stereocenters. The highest BCUT2D eigenvalue weighted by Gasteiger charge is 2.27. The molecule has 1 fully saturated rings. The van der Waals surface area contributed by atoms with Gasteiger partial charge in [-0.1, -0.05) is 5.16 Å². The fourth-order valence-corrected chi connectivity index (χ4v) is 1.33. The fourth-order valence-electron chi connectivity index (χ4n) is 1.33. The second-order valence-electron chi connectivity index (χ2n) is 4.01. The average Bonchev–Trinajstić information content (AvgIpc) is 2.95. The van der Waals surface area contributed by atoms with E-state index in [4.69, 9.17) is 10.3 Å².